The van der Waals surface area contributed by atoms with Crippen LogP contribution in [0.3, 0.4) is 0 Å². The molecule has 0 fully saturated rings. The summed E-state index contributed by atoms with van der Waals surface area (Å²) in [7, 11) is 0. The molecular weight excluding hydrogens is 258 g/mol. The summed E-state index contributed by atoms with van der Waals surface area (Å²) in [6.45, 7) is 1.94. The van der Waals surface area contributed by atoms with Crippen LogP contribution >= 0.6 is 0 Å². The molecule has 0 radical (unpaired) electrons. The first-order valence-electron chi connectivity index (χ1n) is 1.82. The number of carbonyl (C=O) groups excluding carboxylic acids is 2. The molecule has 0 rings (SSSR count). The van der Waals surface area contributed by atoms with Gasteiger partial charge in [0.15, 0.2) is 0 Å². The van der Waals surface area contributed by atoms with Crippen molar-refractivity contribution in [1.82, 2.24) is 0 Å². The van der Waals surface area contributed by atoms with Gasteiger partial charge >= 0.3 is 20.4 Å². The van der Waals surface area contributed by atoms with Gasteiger partial charge in [-0.1, -0.05) is 0 Å². The smallest absolute Gasteiger partial charge is 0.550 e. The molecule has 0 bridgehead atoms. The Hall–Kier alpha value is 0.862. The molecule has 64 valence electrons. The maximum absolute atomic E-state index is 8.89. The third-order valence-corrected chi connectivity index (χ3v) is 0. The standard InChI is InChI=1S/2C2H4O2.Ar.Pd/c2*1-2(3)4;;/h2*1H3,(H,3,4);;/q;;;+2/p-2. The normalized spacial score (nSPS) is 5.00. The van der Waals surface area contributed by atoms with Crippen LogP contribution in [0.25, 0.3) is 0 Å². The molecule has 0 aromatic rings. The van der Waals surface area contributed by atoms with E-state index < -0.39 is 11.9 Å². The molecule has 0 aliphatic heterocycles. The van der Waals surface area contributed by atoms with Gasteiger partial charge in [0.2, 0.25) is 0 Å². The van der Waals surface area contributed by atoms with Crippen LogP contribution in [0.2, 0.25) is 0 Å². The predicted molar refractivity (Wildman–Crippen MR) is 21.4 cm³/mol. The van der Waals surface area contributed by atoms with Gasteiger partial charge in [-0.05, 0) is 13.8 Å². The van der Waals surface area contributed by atoms with E-state index in [4.69, 9.17) is 19.8 Å². The zero-order valence-electron chi connectivity index (χ0n) is 5.30. The van der Waals surface area contributed by atoms with Crippen molar-refractivity contribution < 1.29 is 78.0 Å². The van der Waals surface area contributed by atoms with Gasteiger partial charge in [-0.2, -0.15) is 0 Å². The molecule has 0 N–H and O–H groups in total. The van der Waals surface area contributed by atoms with Gasteiger partial charge in [0.05, 0.1) is 0 Å². The maximum Gasteiger partial charge on any atom is 2.00 e. The first kappa shape index (κ1) is 22.4. The summed E-state index contributed by atoms with van der Waals surface area (Å²) < 4.78 is 0. The second-order valence-electron chi connectivity index (χ2n) is 0.983. The van der Waals surface area contributed by atoms with Crippen LogP contribution in [0.5, 0.6) is 0 Å². The number of carbonyl (C=O) groups is 2. The Morgan fingerprint density at radius 3 is 1.00 bits per heavy atom. The van der Waals surface area contributed by atoms with E-state index in [-0.39, 0.29) is 58.2 Å². The largest absolute Gasteiger partial charge is 2.00 e. The summed E-state index contributed by atoms with van der Waals surface area (Å²) >= 11 is 0. The van der Waals surface area contributed by atoms with Crippen molar-refractivity contribution in [2.45, 2.75) is 13.8 Å². The molecule has 0 saturated carbocycles. The Balaban J connectivity index is -0.0000000300. The molecule has 6 heteroatoms. The predicted octanol–water partition coefficient (Wildman–Crippen LogP) is -2.49. The maximum atomic E-state index is 8.89. The topological polar surface area (TPSA) is 80.3 Å². The number of carboxylic acids is 2. The molecule has 0 amide bonds. The fourth-order valence-corrected chi connectivity index (χ4v) is 0. The molecule has 0 heterocycles. The van der Waals surface area contributed by atoms with E-state index in [9.17, 15) is 0 Å². The van der Waals surface area contributed by atoms with Crippen molar-refractivity contribution in [3.63, 3.8) is 0 Å². The number of rotatable bonds is 0. The summed E-state index contributed by atoms with van der Waals surface area (Å²) in [6, 6.07) is 0. The van der Waals surface area contributed by atoms with Crippen LogP contribution in [0.4, 0.5) is 0 Å². The zero-order valence-corrected chi connectivity index (χ0v) is 7.56. The molecule has 0 aromatic heterocycles. The van der Waals surface area contributed by atoms with E-state index in [0.29, 0.717) is 0 Å². The van der Waals surface area contributed by atoms with Gasteiger partial charge in [0.25, 0.3) is 0 Å². The van der Waals surface area contributed by atoms with E-state index in [1.165, 1.54) is 0 Å². The summed E-state index contributed by atoms with van der Waals surface area (Å²) in [4.78, 5) is 17.8. The Bertz CT molecular complexity index is 75.3. The monoisotopic (exact) mass is 264 g/mol. The van der Waals surface area contributed by atoms with E-state index in [2.05, 4.69) is 0 Å². The quantitative estimate of drug-likeness (QED) is 0.453. The van der Waals surface area contributed by atoms with Crippen LogP contribution in [-0.4, -0.2) is 11.9 Å². The Morgan fingerprint density at radius 2 is 1.00 bits per heavy atom. The summed E-state index contributed by atoms with van der Waals surface area (Å²) in [5.41, 5.74) is 0. The number of hydrogen-bond donors (Lipinski definition) is 0. The fraction of sp³-hybridized carbons (Fsp3) is 0.500. The van der Waals surface area contributed by atoms with Gasteiger partial charge in [-0.25, -0.2) is 0 Å². The average Bonchev–Trinajstić information content (AvgIpc) is 1.25. The zero-order chi connectivity index (χ0) is 7.15. The minimum Gasteiger partial charge on any atom is -0.550 e. The molecule has 0 aromatic carbocycles. The SMILES string of the molecule is CC(=O)[O-].CC(=O)[O-].[Ar].[Pd+2]. The minimum absolute atomic E-state index is 0. The number of aliphatic carboxylic acids is 2. The van der Waals surface area contributed by atoms with Gasteiger partial charge in [-0.15, -0.1) is 0 Å². The van der Waals surface area contributed by atoms with Crippen molar-refractivity contribution in [2.24, 2.45) is 0 Å². The van der Waals surface area contributed by atoms with Crippen molar-refractivity contribution in [3.05, 3.63) is 0 Å². The van der Waals surface area contributed by atoms with Crippen LogP contribution in [0.1, 0.15) is 13.8 Å². The van der Waals surface area contributed by atoms with Gasteiger partial charge < -0.3 is 19.8 Å². The summed E-state index contributed by atoms with van der Waals surface area (Å²) in [6.07, 6.45) is 0. The van der Waals surface area contributed by atoms with Gasteiger partial charge in [0, 0.05) is 49.7 Å². The Labute approximate surface area is 103 Å². The van der Waals surface area contributed by atoms with Crippen molar-refractivity contribution in [2.75, 3.05) is 0 Å². The van der Waals surface area contributed by atoms with E-state index in [1.54, 1.807) is 0 Å². The first-order chi connectivity index (χ1) is 3.46. The second-order valence-corrected chi connectivity index (χ2v) is 0.983. The van der Waals surface area contributed by atoms with Crippen molar-refractivity contribution >= 4 is 11.9 Å². The van der Waals surface area contributed by atoms with Crippen LogP contribution < -0.4 is 10.2 Å². The molecule has 0 spiro atoms. The van der Waals surface area contributed by atoms with Crippen LogP contribution in [0, 0.1) is 37.7 Å². The third kappa shape index (κ3) is 737. The van der Waals surface area contributed by atoms with E-state index >= 15 is 0 Å². The molecule has 10 heavy (non-hydrogen) atoms. The van der Waals surface area contributed by atoms with Crippen molar-refractivity contribution in [3.8, 4) is 0 Å². The molecule has 0 saturated heterocycles. The molecule has 0 aliphatic rings. The van der Waals surface area contributed by atoms with Crippen LogP contribution in [-0.2, 0) is 30.0 Å². The molecule has 4 nitrogen and oxygen atoms in total. The van der Waals surface area contributed by atoms with Gasteiger partial charge in [0.1, 0.15) is 0 Å². The van der Waals surface area contributed by atoms with E-state index in [1.807, 2.05) is 0 Å². The van der Waals surface area contributed by atoms with Crippen LogP contribution in [0.15, 0.2) is 0 Å². The third-order valence-electron chi connectivity index (χ3n) is 0. The fourth-order valence-electron chi connectivity index (χ4n) is 0. The summed E-state index contributed by atoms with van der Waals surface area (Å²) in [5.74, 6) is -2.17. The first-order valence-corrected chi connectivity index (χ1v) is 1.82. The van der Waals surface area contributed by atoms with Gasteiger partial charge in [-0.3, -0.25) is 0 Å². The average molecular weight is 264 g/mol. The second kappa shape index (κ2) is 16.4. The molecule has 0 unspecified atom stereocenters. The van der Waals surface area contributed by atoms with Crippen molar-refractivity contribution in [1.29, 1.82) is 0 Å². The minimum atomic E-state index is -1.08. The number of carboxylic acid groups (broad SMARTS) is 2. The number of hydrogen-bond acceptors (Lipinski definition) is 4. The Morgan fingerprint density at radius 1 is 1.00 bits per heavy atom. The van der Waals surface area contributed by atoms with E-state index in [0.717, 1.165) is 13.8 Å². The molecule has 0 aliphatic carbocycles. The molecule has 0 atom stereocenters. The Kier molecular flexibility index (Phi) is 36.9. The molecular formula is C4H6ArO4Pd. The summed E-state index contributed by atoms with van der Waals surface area (Å²) in [5, 5.41) is 17.8.